The number of benzene rings is 1. The van der Waals surface area contributed by atoms with Crippen LogP contribution < -0.4 is 5.32 Å². The topological polar surface area (TPSA) is 34.2 Å². The van der Waals surface area contributed by atoms with Crippen molar-refractivity contribution in [3.8, 4) is 0 Å². The molecule has 1 N–H and O–H groups in total. The third-order valence-corrected chi connectivity index (χ3v) is 4.82. The Balaban J connectivity index is 1.77. The largest absolute Gasteiger partial charge is 0.381 e. The monoisotopic (exact) mass is 326 g/mol. The van der Waals surface area contributed by atoms with Crippen molar-refractivity contribution in [3.63, 3.8) is 0 Å². The van der Waals surface area contributed by atoms with Crippen molar-refractivity contribution in [1.29, 1.82) is 0 Å². The SMILES string of the molecule is CC(Nc1nc2ccc(Br)cc2s1)C1CCOC1. The quantitative estimate of drug-likeness (QED) is 0.928. The van der Waals surface area contributed by atoms with Crippen LogP contribution in [0.25, 0.3) is 10.2 Å². The molecule has 18 heavy (non-hydrogen) atoms. The van der Waals surface area contributed by atoms with Crippen LogP contribution in [-0.4, -0.2) is 24.2 Å². The molecule has 0 bridgehead atoms. The van der Waals surface area contributed by atoms with Crippen molar-refractivity contribution in [1.82, 2.24) is 4.98 Å². The predicted octanol–water partition coefficient (Wildman–Crippen LogP) is 3.90. The average Bonchev–Trinajstić information content (AvgIpc) is 2.95. The van der Waals surface area contributed by atoms with Gasteiger partial charge >= 0.3 is 0 Å². The average molecular weight is 327 g/mol. The fourth-order valence-electron chi connectivity index (χ4n) is 2.22. The first kappa shape index (κ1) is 12.4. The summed E-state index contributed by atoms with van der Waals surface area (Å²) in [5, 5.41) is 4.51. The van der Waals surface area contributed by atoms with Crippen molar-refractivity contribution >= 4 is 42.6 Å². The van der Waals surface area contributed by atoms with Crippen molar-refractivity contribution < 1.29 is 4.74 Å². The highest BCUT2D eigenvalue weighted by molar-refractivity contribution is 9.10. The fraction of sp³-hybridized carbons (Fsp3) is 0.462. The van der Waals surface area contributed by atoms with Gasteiger partial charge in [0.2, 0.25) is 0 Å². The minimum absolute atomic E-state index is 0.413. The normalized spacial score (nSPS) is 21.3. The molecule has 0 saturated carbocycles. The molecule has 1 aromatic carbocycles. The molecule has 2 heterocycles. The number of anilines is 1. The molecule has 0 aliphatic carbocycles. The van der Waals surface area contributed by atoms with Gasteiger partial charge in [0.1, 0.15) is 0 Å². The van der Waals surface area contributed by atoms with Gasteiger partial charge in [-0.05, 0) is 31.5 Å². The molecule has 0 spiro atoms. The van der Waals surface area contributed by atoms with E-state index in [-0.39, 0.29) is 0 Å². The van der Waals surface area contributed by atoms with E-state index in [0.717, 1.165) is 34.8 Å². The van der Waals surface area contributed by atoms with E-state index in [0.29, 0.717) is 12.0 Å². The highest BCUT2D eigenvalue weighted by Crippen LogP contribution is 2.30. The van der Waals surface area contributed by atoms with E-state index in [2.05, 4.69) is 39.2 Å². The highest BCUT2D eigenvalue weighted by atomic mass is 79.9. The van der Waals surface area contributed by atoms with Crippen molar-refractivity contribution in [2.75, 3.05) is 18.5 Å². The smallest absolute Gasteiger partial charge is 0.184 e. The van der Waals surface area contributed by atoms with Crippen LogP contribution >= 0.6 is 27.3 Å². The molecular weight excluding hydrogens is 312 g/mol. The standard InChI is InChI=1S/C13H15BrN2OS/c1-8(9-4-5-17-7-9)15-13-16-11-3-2-10(14)6-12(11)18-13/h2-3,6,8-9H,4-5,7H2,1H3,(H,15,16). The Morgan fingerprint density at radius 1 is 1.56 bits per heavy atom. The van der Waals surface area contributed by atoms with E-state index in [9.17, 15) is 0 Å². The zero-order valence-corrected chi connectivity index (χ0v) is 12.6. The predicted molar refractivity (Wildman–Crippen MR) is 79.3 cm³/mol. The van der Waals surface area contributed by atoms with Gasteiger partial charge in [-0.3, -0.25) is 0 Å². The van der Waals surface area contributed by atoms with Crippen LogP contribution in [0.5, 0.6) is 0 Å². The number of hydrogen-bond acceptors (Lipinski definition) is 4. The summed E-state index contributed by atoms with van der Waals surface area (Å²) < 4.78 is 7.74. The number of rotatable bonds is 3. The number of fused-ring (bicyclic) bond motifs is 1. The highest BCUT2D eigenvalue weighted by Gasteiger charge is 2.22. The van der Waals surface area contributed by atoms with Gasteiger partial charge in [0.15, 0.2) is 5.13 Å². The Kier molecular flexibility index (Phi) is 3.54. The molecule has 3 rings (SSSR count). The Morgan fingerprint density at radius 3 is 3.22 bits per heavy atom. The van der Waals surface area contributed by atoms with Gasteiger partial charge in [-0.2, -0.15) is 0 Å². The Morgan fingerprint density at radius 2 is 2.44 bits per heavy atom. The Bertz CT molecular complexity index is 551. The summed E-state index contributed by atoms with van der Waals surface area (Å²) in [4.78, 5) is 4.61. The third-order valence-electron chi connectivity index (χ3n) is 3.37. The summed E-state index contributed by atoms with van der Waals surface area (Å²) in [6, 6.07) is 6.60. The number of aromatic nitrogens is 1. The first-order chi connectivity index (χ1) is 8.72. The number of nitrogens with zero attached hydrogens (tertiary/aromatic N) is 1. The molecule has 2 aromatic rings. The fourth-order valence-corrected chi connectivity index (χ4v) is 3.73. The van der Waals surface area contributed by atoms with E-state index < -0.39 is 0 Å². The molecule has 0 amide bonds. The summed E-state index contributed by atoms with van der Waals surface area (Å²) in [5.74, 6) is 0.601. The first-order valence-corrected chi connectivity index (χ1v) is 7.74. The van der Waals surface area contributed by atoms with Crippen molar-refractivity contribution in [2.24, 2.45) is 5.92 Å². The van der Waals surface area contributed by atoms with Gasteiger partial charge in [0.25, 0.3) is 0 Å². The number of thiazole rings is 1. The van der Waals surface area contributed by atoms with E-state index in [1.165, 1.54) is 4.70 Å². The zero-order chi connectivity index (χ0) is 12.5. The van der Waals surface area contributed by atoms with Crippen LogP contribution in [0.15, 0.2) is 22.7 Å². The maximum absolute atomic E-state index is 5.43. The van der Waals surface area contributed by atoms with E-state index >= 15 is 0 Å². The van der Waals surface area contributed by atoms with E-state index in [1.54, 1.807) is 11.3 Å². The second kappa shape index (κ2) is 5.15. The molecule has 1 saturated heterocycles. The van der Waals surface area contributed by atoms with Crippen molar-refractivity contribution in [2.45, 2.75) is 19.4 Å². The van der Waals surface area contributed by atoms with Crippen LogP contribution in [0.2, 0.25) is 0 Å². The van der Waals surface area contributed by atoms with Crippen molar-refractivity contribution in [3.05, 3.63) is 22.7 Å². The van der Waals surface area contributed by atoms with Gasteiger partial charge < -0.3 is 10.1 Å². The van der Waals surface area contributed by atoms with Gasteiger partial charge in [-0.25, -0.2) is 4.98 Å². The molecule has 2 atom stereocenters. The molecule has 1 aliphatic heterocycles. The summed E-state index contributed by atoms with van der Waals surface area (Å²) in [6.45, 7) is 3.97. The van der Waals surface area contributed by atoms with Crippen LogP contribution in [0.4, 0.5) is 5.13 Å². The molecule has 1 aromatic heterocycles. The molecule has 3 nitrogen and oxygen atoms in total. The lowest BCUT2D eigenvalue weighted by Gasteiger charge is -2.18. The lowest BCUT2D eigenvalue weighted by molar-refractivity contribution is 0.183. The molecule has 1 aliphatic rings. The maximum atomic E-state index is 5.43. The number of ether oxygens (including phenoxy) is 1. The van der Waals surface area contributed by atoms with Crippen LogP contribution in [0.1, 0.15) is 13.3 Å². The Hall–Kier alpha value is -0.650. The summed E-state index contributed by atoms with van der Waals surface area (Å²) in [5.41, 5.74) is 1.06. The second-order valence-corrected chi connectivity index (χ2v) is 6.63. The second-order valence-electron chi connectivity index (χ2n) is 4.69. The maximum Gasteiger partial charge on any atom is 0.184 e. The number of halogens is 1. The van der Waals surface area contributed by atoms with Gasteiger partial charge in [-0.15, -0.1) is 0 Å². The number of hydrogen-bond donors (Lipinski definition) is 1. The van der Waals surface area contributed by atoms with E-state index in [1.807, 2.05) is 12.1 Å². The number of nitrogens with one attached hydrogen (secondary N) is 1. The third kappa shape index (κ3) is 2.53. The minimum Gasteiger partial charge on any atom is -0.381 e. The Labute approximate surface area is 119 Å². The molecule has 1 fully saturated rings. The van der Waals surface area contributed by atoms with Crippen LogP contribution in [-0.2, 0) is 4.74 Å². The lowest BCUT2D eigenvalue weighted by atomic mass is 10.0. The minimum atomic E-state index is 0.413. The molecule has 5 heteroatoms. The summed E-state index contributed by atoms with van der Waals surface area (Å²) >= 11 is 5.19. The van der Waals surface area contributed by atoms with Crippen LogP contribution in [0.3, 0.4) is 0 Å². The zero-order valence-electron chi connectivity index (χ0n) is 10.1. The molecule has 0 radical (unpaired) electrons. The van der Waals surface area contributed by atoms with E-state index in [4.69, 9.17) is 4.74 Å². The summed E-state index contributed by atoms with van der Waals surface area (Å²) in [6.07, 6.45) is 1.14. The van der Waals surface area contributed by atoms with Gasteiger partial charge in [-0.1, -0.05) is 27.3 Å². The van der Waals surface area contributed by atoms with Crippen LogP contribution in [0, 0.1) is 5.92 Å². The first-order valence-electron chi connectivity index (χ1n) is 6.13. The molecule has 2 unspecified atom stereocenters. The molecule has 96 valence electrons. The summed E-state index contributed by atoms with van der Waals surface area (Å²) in [7, 11) is 0. The van der Waals surface area contributed by atoms with Gasteiger partial charge in [0.05, 0.1) is 16.8 Å². The van der Waals surface area contributed by atoms with Gasteiger partial charge in [0, 0.05) is 23.0 Å². The lowest BCUT2D eigenvalue weighted by Crippen LogP contribution is -2.25. The molecular formula is C13H15BrN2OS.